The van der Waals surface area contributed by atoms with Gasteiger partial charge in [-0.15, -0.1) is 0 Å². The fraction of sp³-hybridized carbons (Fsp3) is 0.440. The molecular weight excluding hydrogens is 426 g/mol. The molecule has 1 fully saturated rings. The number of nitrogens with one attached hydrogen (secondary N) is 2. The highest BCUT2D eigenvalue weighted by Crippen LogP contribution is 2.17. The van der Waals surface area contributed by atoms with E-state index in [-0.39, 0.29) is 24.0 Å². The van der Waals surface area contributed by atoms with Gasteiger partial charge in [0.1, 0.15) is 0 Å². The summed E-state index contributed by atoms with van der Waals surface area (Å²) in [5, 5.41) is 6.43. The Morgan fingerprint density at radius 2 is 1.66 bits per heavy atom. The van der Waals surface area contributed by atoms with Gasteiger partial charge < -0.3 is 15.4 Å². The molecule has 1 heterocycles. The molecule has 172 valence electrons. The van der Waals surface area contributed by atoms with Crippen LogP contribution in [0, 0.1) is 0 Å². The maximum atomic E-state index is 12.3. The molecule has 2 unspecified atom stereocenters. The second kappa shape index (κ2) is 12.0. The predicted molar refractivity (Wildman–Crippen MR) is 127 cm³/mol. The molecule has 0 saturated carbocycles. The van der Waals surface area contributed by atoms with Gasteiger partial charge in [-0.05, 0) is 55.7 Å². The van der Waals surface area contributed by atoms with E-state index in [0.29, 0.717) is 36.5 Å². The van der Waals surface area contributed by atoms with E-state index in [0.717, 1.165) is 25.2 Å². The summed E-state index contributed by atoms with van der Waals surface area (Å²) in [7, 11) is 0. The van der Waals surface area contributed by atoms with Crippen molar-refractivity contribution in [2.24, 2.45) is 0 Å². The van der Waals surface area contributed by atoms with Crippen LogP contribution >= 0.6 is 11.6 Å². The van der Waals surface area contributed by atoms with Crippen LogP contribution in [0.4, 0.5) is 0 Å². The van der Waals surface area contributed by atoms with Gasteiger partial charge in [0.25, 0.3) is 5.91 Å². The maximum absolute atomic E-state index is 12.3. The molecule has 2 atom stereocenters. The van der Waals surface area contributed by atoms with Crippen LogP contribution in [0.2, 0.25) is 5.02 Å². The zero-order chi connectivity index (χ0) is 22.9. The van der Waals surface area contributed by atoms with Crippen molar-refractivity contribution in [1.29, 1.82) is 0 Å². The lowest BCUT2D eigenvalue weighted by atomic mass is 10.1. The molecule has 7 heteroatoms. The Kier molecular flexibility index (Phi) is 9.09. The zero-order valence-electron chi connectivity index (χ0n) is 18.8. The van der Waals surface area contributed by atoms with Crippen LogP contribution in [-0.4, -0.2) is 48.6 Å². The van der Waals surface area contributed by atoms with Crippen molar-refractivity contribution in [1.82, 2.24) is 15.5 Å². The number of hydrogen-bond donors (Lipinski definition) is 2. The van der Waals surface area contributed by atoms with Gasteiger partial charge in [-0.1, -0.05) is 35.9 Å². The van der Waals surface area contributed by atoms with Crippen molar-refractivity contribution < 1.29 is 14.3 Å². The molecule has 3 rings (SSSR count). The smallest absolute Gasteiger partial charge is 0.251 e. The van der Waals surface area contributed by atoms with Crippen LogP contribution in [0.15, 0.2) is 48.5 Å². The van der Waals surface area contributed by atoms with E-state index in [2.05, 4.69) is 41.5 Å². The molecule has 0 aliphatic carbocycles. The quantitative estimate of drug-likeness (QED) is 0.562. The highest BCUT2D eigenvalue weighted by molar-refractivity contribution is 6.30. The predicted octanol–water partition coefficient (Wildman–Crippen LogP) is 3.78. The summed E-state index contributed by atoms with van der Waals surface area (Å²) in [4.78, 5) is 26.8. The first-order valence-corrected chi connectivity index (χ1v) is 11.5. The Bertz CT molecular complexity index is 894. The first kappa shape index (κ1) is 24.2. The third-order valence-corrected chi connectivity index (χ3v) is 5.71. The molecule has 2 aromatic carbocycles. The lowest BCUT2D eigenvalue weighted by Crippen LogP contribution is -2.45. The Morgan fingerprint density at radius 3 is 2.34 bits per heavy atom. The van der Waals surface area contributed by atoms with E-state index in [1.54, 1.807) is 24.3 Å². The summed E-state index contributed by atoms with van der Waals surface area (Å²) in [5.41, 5.74) is 2.91. The molecule has 0 radical (unpaired) electrons. The molecule has 0 spiro atoms. The average molecular weight is 458 g/mol. The van der Waals surface area contributed by atoms with Crippen LogP contribution < -0.4 is 10.6 Å². The number of halogens is 1. The molecule has 0 aromatic heterocycles. The third-order valence-electron chi connectivity index (χ3n) is 5.46. The third kappa shape index (κ3) is 7.62. The first-order chi connectivity index (χ1) is 15.4. The highest BCUT2D eigenvalue weighted by atomic mass is 35.5. The number of amides is 2. The molecule has 0 bridgehead atoms. The standard InChI is InChI=1S/C25H32ClN3O3/c1-18-15-29(16-19(2)32-18)17-22-7-4-3-6-21(22)14-28-24(30)8-5-13-27-25(31)20-9-11-23(26)12-10-20/h3-4,6-7,9-12,18-19H,5,8,13-17H2,1-2H3,(H,27,31)(H,28,30). The first-order valence-electron chi connectivity index (χ1n) is 11.2. The van der Waals surface area contributed by atoms with Gasteiger partial charge >= 0.3 is 0 Å². The van der Waals surface area contributed by atoms with Crippen molar-refractivity contribution in [3.05, 3.63) is 70.2 Å². The molecule has 2 amide bonds. The molecule has 2 N–H and O–H groups in total. The van der Waals surface area contributed by atoms with Crippen LogP contribution in [0.1, 0.15) is 48.2 Å². The van der Waals surface area contributed by atoms with Crippen molar-refractivity contribution >= 4 is 23.4 Å². The number of carbonyl (C=O) groups excluding carboxylic acids is 2. The monoisotopic (exact) mass is 457 g/mol. The van der Waals surface area contributed by atoms with Crippen LogP contribution in [0.25, 0.3) is 0 Å². The molecule has 1 saturated heterocycles. The van der Waals surface area contributed by atoms with Gasteiger partial charge in [0.05, 0.1) is 12.2 Å². The van der Waals surface area contributed by atoms with Gasteiger partial charge in [0, 0.05) is 49.7 Å². The fourth-order valence-corrected chi connectivity index (χ4v) is 4.10. The highest BCUT2D eigenvalue weighted by Gasteiger charge is 2.22. The number of benzene rings is 2. The zero-order valence-corrected chi connectivity index (χ0v) is 19.5. The van der Waals surface area contributed by atoms with Gasteiger partial charge in [0.2, 0.25) is 5.91 Å². The molecule has 2 aromatic rings. The molecule has 32 heavy (non-hydrogen) atoms. The van der Waals surface area contributed by atoms with Gasteiger partial charge in [-0.25, -0.2) is 0 Å². The Labute approximate surface area is 195 Å². The van der Waals surface area contributed by atoms with Gasteiger partial charge in [0.15, 0.2) is 0 Å². The number of ether oxygens (including phenoxy) is 1. The summed E-state index contributed by atoms with van der Waals surface area (Å²) in [6.07, 6.45) is 1.40. The van der Waals surface area contributed by atoms with Crippen LogP contribution in [-0.2, 0) is 22.6 Å². The van der Waals surface area contributed by atoms with E-state index in [9.17, 15) is 9.59 Å². The number of carbonyl (C=O) groups is 2. The minimum Gasteiger partial charge on any atom is -0.373 e. The topological polar surface area (TPSA) is 70.7 Å². The summed E-state index contributed by atoms with van der Waals surface area (Å²) in [5.74, 6) is -0.183. The fourth-order valence-electron chi connectivity index (χ4n) is 3.97. The summed E-state index contributed by atoms with van der Waals surface area (Å²) < 4.78 is 5.82. The van der Waals surface area contributed by atoms with E-state index in [1.807, 2.05) is 12.1 Å². The Morgan fingerprint density at radius 1 is 1.00 bits per heavy atom. The Hall–Kier alpha value is -2.41. The lowest BCUT2D eigenvalue weighted by molar-refractivity contribution is -0.121. The molecule has 6 nitrogen and oxygen atoms in total. The van der Waals surface area contributed by atoms with Crippen LogP contribution in [0.3, 0.4) is 0 Å². The van der Waals surface area contributed by atoms with E-state index >= 15 is 0 Å². The van der Waals surface area contributed by atoms with Crippen molar-refractivity contribution in [3.8, 4) is 0 Å². The van der Waals surface area contributed by atoms with E-state index in [4.69, 9.17) is 16.3 Å². The lowest BCUT2D eigenvalue weighted by Gasteiger charge is -2.35. The van der Waals surface area contributed by atoms with Crippen molar-refractivity contribution in [3.63, 3.8) is 0 Å². The van der Waals surface area contributed by atoms with E-state index < -0.39 is 0 Å². The van der Waals surface area contributed by atoms with E-state index in [1.165, 1.54) is 5.56 Å². The average Bonchev–Trinajstić information content (AvgIpc) is 2.76. The number of rotatable bonds is 9. The van der Waals surface area contributed by atoms with Crippen LogP contribution in [0.5, 0.6) is 0 Å². The molecule has 1 aliphatic heterocycles. The summed E-state index contributed by atoms with van der Waals surface area (Å²) >= 11 is 5.84. The van der Waals surface area contributed by atoms with Crippen molar-refractivity contribution in [2.45, 2.75) is 52.0 Å². The van der Waals surface area contributed by atoms with Gasteiger partial charge in [-0.2, -0.15) is 0 Å². The second-order valence-corrected chi connectivity index (χ2v) is 8.80. The number of morpholine rings is 1. The summed E-state index contributed by atoms with van der Waals surface area (Å²) in [6, 6.07) is 15.0. The largest absolute Gasteiger partial charge is 0.373 e. The number of nitrogens with zero attached hydrogens (tertiary/aromatic N) is 1. The number of hydrogen-bond acceptors (Lipinski definition) is 4. The minimum atomic E-state index is -0.164. The normalized spacial score (nSPS) is 18.8. The maximum Gasteiger partial charge on any atom is 0.251 e. The van der Waals surface area contributed by atoms with Gasteiger partial charge in [-0.3, -0.25) is 14.5 Å². The SMILES string of the molecule is CC1CN(Cc2ccccc2CNC(=O)CCCNC(=O)c2ccc(Cl)cc2)CC(C)O1. The Balaban J connectivity index is 1.40. The minimum absolute atomic E-state index is 0.0193. The van der Waals surface area contributed by atoms with Crippen molar-refractivity contribution in [2.75, 3.05) is 19.6 Å². The molecule has 1 aliphatic rings. The summed E-state index contributed by atoms with van der Waals surface area (Å²) in [6.45, 7) is 7.82. The second-order valence-electron chi connectivity index (χ2n) is 8.36. The molecular formula is C25H32ClN3O3.